The molecule has 1 atom stereocenters. The maximum atomic E-state index is 8.53. The maximum Gasteiger partial charge on any atom is 0.286 e. The highest BCUT2D eigenvalue weighted by Gasteiger charge is 2.65. The third kappa shape index (κ3) is 7.51. The van der Waals surface area contributed by atoms with Gasteiger partial charge in [0.05, 0.1) is 18.9 Å². The van der Waals surface area contributed by atoms with Crippen molar-refractivity contribution in [2.75, 3.05) is 0 Å². The molecule has 2 aromatic carbocycles. The Bertz CT molecular complexity index is 1120. The Hall–Kier alpha value is -0.812. The molecule has 0 spiro atoms. The normalized spacial score (nSPS) is 14.8. The molecule has 0 N–H and O–H groups in total. The van der Waals surface area contributed by atoms with Gasteiger partial charge in [-0.2, -0.15) is 0 Å². The Balaban J connectivity index is 3.13. The minimum atomic E-state index is -3.13. The molecule has 0 aliphatic rings. The summed E-state index contributed by atoms with van der Waals surface area (Å²) >= 11 is 0. The molecule has 3 nitrogen and oxygen atoms in total. The van der Waals surface area contributed by atoms with Gasteiger partial charge in [0.1, 0.15) is 0 Å². The van der Waals surface area contributed by atoms with Crippen LogP contribution in [0, 0.1) is 0 Å². The highest BCUT2D eigenvalue weighted by molar-refractivity contribution is 7.00. The van der Waals surface area contributed by atoms with Gasteiger partial charge in [0.25, 0.3) is 8.32 Å². The van der Waals surface area contributed by atoms with Crippen LogP contribution in [-0.2, 0) is 13.3 Å². The van der Waals surface area contributed by atoms with Gasteiger partial charge < -0.3 is 13.3 Å². The fourth-order valence-corrected chi connectivity index (χ4v) is 25.2. The summed E-state index contributed by atoms with van der Waals surface area (Å²) in [6, 6.07) is 22.6. The van der Waals surface area contributed by atoms with E-state index < -0.39 is 39.0 Å². The third-order valence-corrected chi connectivity index (χ3v) is 25.8. The van der Waals surface area contributed by atoms with E-state index in [1.54, 1.807) is 0 Å². The molecule has 46 heavy (non-hydrogen) atoms. The largest absolute Gasteiger partial charge is 0.417 e. The van der Waals surface area contributed by atoms with E-state index >= 15 is 0 Å². The summed E-state index contributed by atoms with van der Waals surface area (Å²) in [6.07, 6.45) is 8.00. The molecule has 0 aliphatic carbocycles. The van der Waals surface area contributed by atoms with Crippen LogP contribution in [0.1, 0.15) is 107 Å². The first-order chi connectivity index (χ1) is 21.5. The average molecular weight is 701 g/mol. The van der Waals surface area contributed by atoms with E-state index in [2.05, 4.69) is 162 Å². The van der Waals surface area contributed by atoms with Gasteiger partial charge in [-0.1, -0.05) is 136 Å². The number of hydrogen-bond acceptors (Lipinski definition) is 3. The van der Waals surface area contributed by atoms with Crippen LogP contribution in [-0.4, -0.2) is 49.8 Å². The second kappa shape index (κ2) is 16.3. The molecule has 2 rings (SSSR count). The summed E-state index contributed by atoms with van der Waals surface area (Å²) < 4.78 is 23.8. The molecular weight excluding hydrogens is 629 g/mol. The van der Waals surface area contributed by atoms with E-state index in [9.17, 15) is 0 Å². The Labute approximate surface area is 290 Å². The maximum absolute atomic E-state index is 8.53. The lowest BCUT2D eigenvalue weighted by molar-refractivity contribution is -0.0319. The van der Waals surface area contributed by atoms with Crippen LogP contribution < -0.4 is 10.4 Å². The fraction of sp³-hybridized carbons (Fsp3) is 0.692. The summed E-state index contributed by atoms with van der Waals surface area (Å²) in [5.74, 6) is 0. The summed E-state index contributed by atoms with van der Waals surface area (Å²) in [6.45, 7) is 36.2. The lowest BCUT2D eigenvalue weighted by Gasteiger charge is -2.61. The van der Waals surface area contributed by atoms with Gasteiger partial charge in [-0.15, -0.1) is 0 Å². The third-order valence-electron chi connectivity index (χ3n) is 12.0. The van der Waals surface area contributed by atoms with Gasteiger partial charge >= 0.3 is 0 Å². The second-order valence-electron chi connectivity index (χ2n) is 15.7. The van der Waals surface area contributed by atoms with E-state index in [4.69, 9.17) is 13.3 Å². The molecule has 0 aromatic heterocycles. The van der Waals surface area contributed by atoms with E-state index in [-0.39, 0.29) is 15.9 Å². The van der Waals surface area contributed by atoms with E-state index in [1.807, 2.05) is 0 Å². The fourth-order valence-electron chi connectivity index (χ4n) is 9.24. The molecule has 0 bridgehead atoms. The van der Waals surface area contributed by atoms with E-state index in [0.29, 0.717) is 0 Å². The molecule has 0 saturated carbocycles. The van der Waals surface area contributed by atoms with Gasteiger partial charge in [0.15, 0.2) is 17.4 Å². The molecule has 7 heteroatoms. The van der Waals surface area contributed by atoms with Crippen molar-refractivity contribution in [1.29, 1.82) is 0 Å². The van der Waals surface area contributed by atoms with Crippen LogP contribution in [0.5, 0.6) is 0 Å². The predicted octanol–water partition coefficient (Wildman–Crippen LogP) is 10.6. The highest BCUT2D eigenvalue weighted by atomic mass is 28.4. The summed E-state index contributed by atoms with van der Waals surface area (Å²) in [4.78, 5) is 0. The first-order valence-corrected chi connectivity index (χ1v) is 29.7. The van der Waals surface area contributed by atoms with Crippen LogP contribution in [0.25, 0.3) is 0 Å². The standard InChI is InChI=1S/C39H72O3Si4/c1-16-36(17-2,37(18-3,19-4)43(9)40-38(20-5,21-6)44(10,11)12)41-46(34-30-26-24-27-31-34,35-32-28-25-29-33-35)39(22-7,23-8)42-45(13,14)15/h24-33,43H,16-23H2,1-15H3. The Kier molecular flexibility index (Phi) is 14.6. The molecular formula is C39H72O3Si4. The van der Waals surface area contributed by atoms with Crippen molar-refractivity contribution >= 4 is 44.1 Å². The lowest BCUT2D eigenvalue weighted by Crippen LogP contribution is -2.80. The molecule has 262 valence electrons. The van der Waals surface area contributed by atoms with Crippen molar-refractivity contribution in [3.63, 3.8) is 0 Å². The topological polar surface area (TPSA) is 27.7 Å². The van der Waals surface area contributed by atoms with Crippen molar-refractivity contribution in [3.8, 4) is 0 Å². The minimum Gasteiger partial charge on any atom is -0.417 e. The molecule has 0 aliphatic heterocycles. The molecule has 0 fully saturated rings. The minimum absolute atomic E-state index is 0.0215. The monoisotopic (exact) mass is 700 g/mol. The van der Waals surface area contributed by atoms with Crippen LogP contribution >= 0.6 is 0 Å². The molecule has 2 aromatic rings. The van der Waals surface area contributed by atoms with E-state index in [0.717, 1.165) is 51.4 Å². The summed E-state index contributed by atoms with van der Waals surface area (Å²) in [5, 5.41) is 2.14. The van der Waals surface area contributed by atoms with Crippen molar-refractivity contribution in [2.45, 2.75) is 174 Å². The summed E-state index contributed by atoms with van der Waals surface area (Å²) in [5.41, 5.74) is -0.370. The number of rotatable bonds is 20. The average Bonchev–Trinajstić information content (AvgIpc) is 3.04. The highest BCUT2D eigenvalue weighted by Crippen LogP contribution is 2.57. The van der Waals surface area contributed by atoms with Gasteiger partial charge in [-0.05, 0) is 87.9 Å². The molecule has 0 heterocycles. The quantitative estimate of drug-likeness (QED) is 0.129. The zero-order valence-electron chi connectivity index (χ0n) is 32.7. The number of hydrogen-bond donors (Lipinski definition) is 0. The van der Waals surface area contributed by atoms with Crippen molar-refractivity contribution in [2.24, 2.45) is 0 Å². The SMILES string of the molecule is CCC(CC)(O[Si](c1ccccc1)(c1ccccc1)C(CC)(CC)O[Si](C)(C)C)C(CC)(CC)[SiH](C)OC(CC)(CC)[Si](C)(C)C. The Morgan fingerprint density at radius 3 is 1.20 bits per heavy atom. The first kappa shape index (κ1) is 41.4. The lowest BCUT2D eigenvalue weighted by atomic mass is 9.78. The summed E-state index contributed by atoms with van der Waals surface area (Å²) in [7, 11) is -8.64. The van der Waals surface area contributed by atoms with Crippen molar-refractivity contribution < 1.29 is 13.3 Å². The van der Waals surface area contributed by atoms with E-state index in [1.165, 1.54) is 10.4 Å². The van der Waals surface area contributed by atoms with Gasteiger partial charge in [0, 0.05) is 10.3 Å². The van der Waals surface area contributed by atoms with Crippen molar-refractivity contribution in [3.05, 3.63) is 60.7 Å². The number of benzene rings is 2. The smallest absolute Gasteiger partial charge is 0.286 e. The van der Waals surface area contributed by atoms with Gasteiger partial charge in [-0.3, -0.25) is 0 Å². The van der Waals surface area contributed by atoms with Gasteiger partial charge in [-0.25, -0.2) is 0 Å². The van der Waals surface area contributed by atoms with Crippen LogP contribution in [0.2, 0.25) is 50.9 Å². The molecule has 0 saturated heterocycles. The zero-order chi connectivity index (χ0) is 35.1. The van der Waals surface area contributed by atoms with Crippen LogP contribution in [0.4, 0.5) is 0 Å². The second-order valence-corrected chi connectivity index (χ2v) is 31.8. The van der Waals surface area contributed by atoms with Crippen LogP contribution in [0.15, 0.2) is 60.7 Å². The van der Waals surface area contributed by atoms with Crippen molar-refractivity contribution in [1.82, 2.24) is 0 Å². The Morgan fingerprint density at radius 1 is 0.522 bits per heavy atom. The zero-order valence-corrected chi connectivity index (χ0v) is 36.9. The molecule has 1 unspecified atom stereocenters. The predicted molar refractivity (Wildman–Crippen MR) is 214 cm³/mol. The first-order valence-electron chi connectivity index (χ1n) is 18.7. The Morgan fingerprint density at radius 2 is 0.913 bits per heavy atom. The molecule has 0 amide bonds. The van der Waals surface area contributed by atoms with Crippen LogP contribution in [0.3, 0.4) is 0 Å². The van der Waals surface area contributed by atoms with Gasteiger partial charge in [0.2, 0.25) is 0 Å². The molecule has 0 radical (unpaired) electrons.